The molecule has 2 N–H and O–H groups in total. The fourth-order valence-electron chi connectivity index (χ4n) is 2.46. The monoisotopic (exact) mass is 416 g/mol. The molecule has 0 fully saturated rings. The van der Waals surface area contributed by atoms with E-state index < -0.39 is 11.2 Å². The van der Waals surface area contributed by atoms with Crippen LogP contribution in [0.15, 0.2) is 55.6 Å². The van der Waals surface area contributed by atoms with E-state index >= 15 is 0 Å². The van der Waals surface area contributed by atoms with Gasteiger partial charge in [-0.3, -0.25) is 18.9 Å². The Labute approximate surface area is 157 Å². The van der Waals surface area contributed by atoms with E-state index in [-0.39, 0.29) is 11.2 Å². The van der Waals surface area contributed by atoms with E-state index in [4.69, 9.17) is 0 Å². The molecule has 3 rings (SSSR count). The first-order chi connectivity index (χ1) is 12.4. The first-order valence-corrected chi connectivity index (χ1v) is 8.54. The number of aromatic nitrogens is 4. The van der Waals surface area contributed by atoms with Crippen molar-refractivity contribution in [1.82, 2.24) is 19.1 Å². The van der Waals surface area contributed by atoms with Gasteiger partial charge in [0, 0.05) is 18.1 Å². The normalized spacial score (nSPS) is 11.3. The number of fused-ring (bicyclic) bond motifs is 1. The maximum absolute atomic E-state index is 12.3. The van der Waals surface area contributed by atoms with Gasteiger partial charge in [0.2, 0.25) is 5.95 Å². The van der Waals surface area contributed by atoms with E-state index in [1.165, 1.54) is 4.57 Å². The second kappa shape index (κ2) is 7.12. The van der Waals surface area contributed by atoms with Crippen LogP contribution in [0.5, 0.6) is 0 Å². The Bertz CT molecular complexity index is 1120. The molecule has 2 aromatic heterocycles. The van der Waals surface area contributed by atoms with E-state index in [9.17, 15) is 9.59 Å². The molecule has 1 aromatic carbocycles. The fourth-order valence-corrected chi connectivity index (χ4v) is 2.72. The molecule has 0 aliphatic carbocycles. The number of benzene rings is 1. The van der Waals surface area contributed by atoms with Crippen LogP contribution in [0.3, 0.4) is 0 Å². The van der Waals surface area contributed by atoms with Gasteiger partial charge in [-0.1, -0.05) is 40.2 Å². The number of H-pyrrole nitrogens is 1. The molecule has 0 radical (unpaired) electrons. The average molecular weight is 417 g/mol. The van der Waals surface area contributed by atoms with Gasteiger partial charge >= 0.3 is 5.69 Å². The Hall–Kier alpha value is -2.94. The van der Waals surface area contributed by atoms with E-state index in [0.717, 1.165) is 15.6 Å². The Morgan fingerprint density at radius 1 is 1.38 bits per heavy atom. The Kier molecular flexibility index (Phi) is 4.90. The van der Waals surface area contributed by atoms with Crippen molar-refractivity contribution >= 4 is 39.3 Å². The summed E-state index contributed by atoms with van der Waals surface area (Å²) in [5.74, 6) is 0.350. The summed E-state index contributed by atoms with van der Waals surface area (Å²) in [6, 6.07) is 7.63. The van der Waals surface area contributed by atoms with Crippen LogP contribution in [-0.4, -0.2) is 25.3 Å². The second-order valence-electron chi connectivity index (χ2n) is 5.89. The summed E-state index contributed by atoms with van der Waals surface area (Å²) in [5, 5.41) is 4.18. The molecular formula is C17H17BrN6O2. The van der Waals surface area contributed by atoms with Crippen molar-refractivity contribution in [3.8, 4) is 0 Å². The van der Waals surface area contributed by atoms with Gasteiger partial charge in [0.15, 0.2) is 11.2 Å². The highest BCUT2D eigenvalue weighted by Gasteiger charge is 2.17. The molecule has 0 bridgehead atoms. The molecular weight excluding hydrogens is 400 g/mol. The summed E-state index contributed by atoms with van der Waals surface area (Å²) in [6.07, 6.45) is 1.64. The zero-order chi connectivity index (χ0) is 18.8. The van der Waals surface area contributed by atoms with Crippen molar-refractivity contribution in [2.45, 2.75) is 13.5 Å². The summed E-state index contributed by atoms with van der Waals surface area (Å²) in [4.78, 5) is 30.7. The number of nitrogens with zero attached hydrogens (tertiary/aromatic N) is 4. The summed E-state index contributed by atoms with van der Waals surface area (Å²) in [5.41, 5.74) is 4.12. The number of aryl methyl sites for hydroxylation is 1. The van der Waals surface area contributed by atoms with Crippen LogP contribution in [0, 0.1) is 0 Å². The molecule has 8 nitrogen and oxygen atoms in total. The van der Waals surface area contributed by atoms with Crippen molar-refractivity contribution in [2.75, 3.05) is 5.43 Å². The van der Waals surface area contributed by atoms with E-state index in [1.807, 2.05) is 31.2 Å². The van der Waals surface area contributed by atoms with Crippen molar-refractivity contribution in [1.29, 1.82) is 0 Å². The van der Waals surface area contributed by atoms with Crippen LogP contribution < -0.4 is 16.7 Å². The number of rotatable bonds is 5. The highest BCUT2D eigenvalue weighted by atomic mass is 79.9. The van der Waals surface area contributed by atoms with Crippen LogP contribution in [0.25, 0.3) is 11.2 Å². The minimum absolute atomic E-state index is 0.279. The third-order valence-electron chi connectivity index (χ3n) is 3.68. The molecule has 2 heterocycles. The number of hydrazone groups is 1. The molecule has 0 aliphatic heterocycles. The lowest BCUT2D eigenvalue weighted by molar-refractivity contribution is 0.800. The molecule has 0 saturated heterocycles. The Morgan fingerprint density at radius 2 is 2.08 bits per heavy atom. The number of hydrogen-bond acceptors (Lipinski definition) is 5. The Morgan fingerprint density at radius 3 is 2.73 bits per heavy atom. The van der Waals surface area contributed by atoms with E-state index in [0.29, 0.717) is 12.5 Å². The molecule has 0 unspecified atom stereocenters. The van der Waals surface area contributed by atoms with Crippen molar-refractivity contribution in [3.63, 3.8) is 0 Å². The average Bonchev–Trinajstić information content (AvgIpc) is 2.93. The van der Waals surface area contributed by atoms with Crippen LogP contribution in [0.1, 0.15) is 12.5 Å². The van der Waals surface area contributed by atoms with Gasteiger partial charge < -0.3 is 0 Å². The quantitative estimate of drug-likeness (QED) is 0.378. The zero-order valence-corrected chi connectivity index (χ0v) is 15.9. The minimum Gasteiger partial charge on any atom is -0.299 e. The molecule has 0 amide bonds. The lowest BCUT2D eigenvalue weighted by Gasteiger charge is -2.07. The molecule has 26 heavy (non-hydrogen) atoms. The largest absolute Gasteiger partial charge is 0.329 e. The lowest BCUT2D eigenvalue weighted by Crippen LogP contribution is -2.29. The zero-order valence-electron chi connectivity index (χ0n) is 14.3. The predicted octanol–water partition coefficient (Wildman–Crippen LogP) is 2.21. The van der Waals surface area contributed by atoms with Gasteiger partial charge in [0.1, 0.15) is 0 Å². The summed E-state index contributed by atoms with van der Waals surface area (Å²) >= 11 is 3.38. The van der Waals surface area contributed by atoms with Crippen molar-refractivity contribution < 1.29 is 0 Å². The number of nitrogens with one attached hydrogen (secondary N) is 2. The fraction of sp³-hybridized carbons (Fsp3) is 0.176. The summed E-state index contributed by atoms with van der Waals surface area (Å²) in [6.45, 7) is 6.10. The third kappa shape index (κ3) is 3.52. The van der Waals surface area contributed by atoms with E-state index in [1.54, 1.807) is 17.8 Å². The number of imidazole rings is 1. The molecule has 0 saturated carbocycles. The SMILES string of the molecule is C=C(C)Cn1c(NN=Cc2ccc(Br)cc2)nc2c1c(=O)[nH]c(=O)n2C. The Balaban J connectivity index is 2.04. The van der Waals surface area contributed by atoms with Gasteiger partial charge in [-0.25, -0.2) is 10.2 Å². The minimum atomic E-state index is -0.521. The number of anilines is 1. The first kappa shape index (κ1) is 17.9. The van der Waals surface area contributed by atoms with E-state index in [2.05, 4.69) is 43.0 Å². The third-order valence-corrected chi connectivity index (χ3v) is 4.21. The van der Waals surface area contributed by atoms with Crippen LogP contribution in [0.2, 0.25) is 0 Å². The summed E-state index contributed by atoms with van der Waals surface area (Å²) < 4.78 is 3.91. The number of hydrogen-bond donors (Lipinski definition) is 2. The van der Waals surface area contributed by atoms with Crippen molar-refractivity contribution in [2.24, 2.45) is 12.1 Å². The highest BCUT2D eigenvalue weighted by molar-refractivity contribution is 9.10. The predicted molar refractivity (Wildman–Crippen MR) is 106 cm³/mol. The lowest BCUT2D eigenvalue weighted by atomic mass is 10.2. The number of halogens is 1. The molecule has 3 aromatic rings. The molecule has 0 atom stereocenters. The maximum Gasteiger partial charge on any atom is 0.329 e. The van der Waals surface area contributed by atoms with Crippen molar-refractivity contribution in [3.05, 3.63) is 67.3 Å². The second-order valence-corrected chi connectivity index (χ2v) is 6.81. The molecule has 9 heteroatoms. The number of aromatic amines is 1. The molecule has 134 valence electrons. The molecule has 0 spiro atoms. The van der Waals surface area contributed by atoms with Gasteiger partial charge in [-0.15, -0.1) is 0 Å². The van der Waals surface area contributed by atoms with Crippen LogP contribution in [0.4, 0.5) is 5.95 Å². The van der Waals surface area contributed by atoms with Gasteiger partial charge in [-0.2, -0.15) is 10.1 Å². The van der Waals surface area contributed by atoms with Gasteiger partial charge in [0.25, 0.3) is 5.56 Å². The number of allylic oxidation sites excluding steroid dienone is 1. The van der Waals surface area contributed by atoms with Crippen LogP contribution in [-0.2, 0) is 13.6 Å². The summed E-state index contributed by atoms with van der Waals surface area (Å²) in [7, 11) is 1.55. The smallest absolute Gasteiger partial charge is 0.299 e. The van der Waals surface area contributed by atoms with Gasteiger partial charge in [-0.05, 0) is 24.6 Å². The molecule has 0 aliphatic rings. The van der Waals surface area contributed by atoms with Crippen LogP contribution >= 0.6 is 15.9 Å². The topological polar surface area (TPSA) is 97.1 Å². The highest BCUT2D eigenvalue weighted by Crippen LogP contribution is 2.17. The first-order valence-electron chi connectivity index (χ1n) is 7.75. The van der Waals surface area contributed by atoms with Gasteiger partial charge in [0.05, 0.1) is 6.21 Å². The maximum atomic E-state index is 12.3. The standard InChI is InChI=1S/C17H17BrN6O2/c1-10(2)9-24-13-14(23(3)17(26)21-15(13)25)20-16(24)22-19-8-11-4-6-12(18)7-5-11/h4-8H,1,9H2,2-3H3,(H,20,22)(H,21,25,26).